The monoisotopic (exact) mass is 462 g/mol. The van der Waals surface area contributed by atoms with E-state index in [1.807, 2.05) is 73.7 Å². The van der Waals surface area contributed by atoms with Gasteiger partial charge in [-0.2, -0.15) is 0 Å². The van der Waals surface area contributed by atoms with E-state index in [1.165, 1.54) is 0 Å². The summed E-state index contributed by atoms with van der Waals surface area (Å²) in [4.78, 5) is 0. The third kappa shape index (κ3) is 6.53. The van der Waals surface area contributed by atoms with Gasteiger partial charge < -0.3 is 23.7 Å². The number of rotatable bonds is 11. The molecule has 0 N–H and O–H groups in total. The molecule has 4 atom stereocenters. The molecule has 1 aliphatic heterocycles. The fourth-order valence-corrected chi connectivity index (χ4v) is 4.41. The van der Waals surface area contributed by atoms with Crippen LogP contribution >= 0.6 is 0 Å². The van der Waals surface area contributed by atoms with Gasteiger partial charge in [0, 0.05) is 13.5 Å². The van der Waals surface area contributed by atoms with Crippen molar-refractivity contribution in [2.24, 2.45) is 0 Å². The highest BCUT2D eigenvalue weighted by Gasteiger charge is 2.51. The maximum Gasteiger partial charge on any atom is 0.186 e. The maximum absolute atomic E-state index is 6.69. The molecule has 0 spiro atoms. The van der Waals surface area contributed by atoms with Gasteiger partial charge in [0.15, 0.2) is 6.29 Å². The van der Waals surface area contributed by atoms with Crippen molar-refractivity contribution in [2.45, 2.75) is 57.3 Å². The van der Waals surface area contributed by atoms with Crippen LogP contribution in [0.1, 0.15) is 30.0 Å². The molecule has 1 saturated heterocycles. The smallest absolute Gasteiger partial charge is 0.186 e. The molecule has 1 fully saturated rings. The molecule has 0 aromatic heterocycles. The Hall–Kier alpha value is -2.54. The van der Waals surface area contributed by atoms with Gasteiger partial charge in [-0.3, -0.25) is 0 Å². The molecule has 0 aliphatic carbocycles. The van der Waals surface area contributed by atoms with Crippen LogP contribution in [0.3, 0.4) is 0 Å². The summed E-state index contributed by atoms with van der Waals surface area (Å²) in [6.45, 7) is 3.77. The van der Waals surface area contributed by atoms with E-state index in [9.17, 15) is 0 Å². The summed E-state index contributed by atoms with van der Waals surface area (Å²) in [5, 5.41) is 0. The highest BCUT2D eigenvalue weighted by atomic mass is 16.7. The lowest BCUT2D eigenvalue weighted by molar-refractivity contribution is -0.319. The fraction of sp³-hybridized carbons (Fsp3) is 0.379. The number of hydrogen-bond acceptors (Lipinski definition) is 5. The Morgan fingerprint density at radius 3 is 1.85 bits per heavy atom. The predicted molar refractivity (Wildman–Crippen MR) is 131 cm³/mol. The van der Waals surface area contributed by atoms with Crippen LogP contribution in [0.25, 0.3) is 0 Å². The van der Waals surface area contributed by atoms with Crippen molar-refractivity contribution >= 4 is 0 Å². The van der Waals surface area contributed by atoms with E-state index in [1.54, 1.807) is 7.11 Å². The SMILES string of the molecule is COC1OC(C)CC(COCc2ccccc2)(OCc2ccccc2)C1OCc1ccccc1. The van der Waals surface area contributed by atoms with E-state index < -0.39 is 18.0 Å². The summed E-state index contributed by atoms with van der Waals surface area (Å²) in [6.07, 6.45) is -0.469. The summed E-state index contributed by atoms with van der Waals surface area (Å²) in [5.74, 6) is 0. The molecule has 1 aliphatic rings. The van der Waals surface area contributed by atoms with Crippen molar-refractivity contribution in [3.05, 3.63) is 108 Å². The van der Waals surface area contributed by atoms with Gasteiger partial charge in [0.2, 0.25) is 0 Å². The van der Waals surface area contributed by atoms with Gasteiger partial charge in [0.25, 0.3) is 0 Å². The van der Waals surface area contributed by atoms with Crippen LogP contribution in [0.4, 0.5) is 0 Å². The molecule has 4 unspecified atom stereocenters. The second-order valence-corrected chi connectivity index (χ2v) is 8.79. The molecule has 5 heteroatoms. The zero-order valence-corrected chi connectivity index (χ0v) is 20.0. The molecular weight excluding hydrogens is 428 g/mol. The Kier molecular flexibility index (Phi) is 8.85. The third-order valence-corrected chi connectivity index (χ3v) is 6.10. The van der Waals surface area contributed by atoms with Gasteiger partial charge in [-0.15, -0.1) is 0 Å². The molecular formula is C29H34O5. The van der Waals surface area contributed by atoms with Gasteiger partial charge in [-0.25, -0.2) is 0 Å². The van der Waals surface area contributed by atoms with E-state index in [-0.39, 0.29) is 6.10 Å². The van der Waals surface area contributed by atoms with Crippen LogP contribution in [0, 0.1) is 0 Å². The standard InChI is InChI=1S/C29H34O5/c1-23-18-29(33-21-26-16-10-5-11-17-26,22-31-19-24-12-6-3-7-13-24)27(28(30-2)34-23)32-20-25-14-8-4-9-15-25/h3-17,23,27-28H,18-22H2,1-2H3. The van der Waals surface area contributed by atoms with Gasteiger partial charge >= 0.3 is 0 Å². The van der Waals surface area contributed by atoms with Gasteiger partial charge in [0.1, 0.15) is 11.7 Å². The molecule has 1 heterocycles. The largest absolute Gasteiger partial charge is 0.374 e. The number of hydrogen-bond donors (Lipinski definition) is 0. The van der Waals surface area contributed by atoms with Crippen LogP contribution in [0.5, 0.6) is 0 Å². The Balaban J connectivity index is 1.57. The topological polar surface area (TPSA) is 46.2 Å². The first-order valence-electron chi connectivity index (χ1n) is 11.8. The van der Waals surface area contributed by atoms with Crippen molar-refractivity contribution in [2.75, 3.05) is 13.7 Å². The van der Waals surface area contributed by atoms with Crippen LogP contribution in [-0.4, -0.2) is 37.8 Å². The van der Waals surface area contributed by atoms with Crippen molar-refractivity contribution in [1.82, 2.24) is 0 Å². The number of methoxy groups -OCH3 is 1. The first-order valence-corrected chi connectivity index (χ1v) is 11.8. The van der Waals surface area contributed by atoms with Gasteiger partial charge in [-0.05, 0) is 23.6 Å². The summed E-state index contributed by atoms with van der Waals surface area (Å²) < 4.78 is 31.3. The second kappa shape index (κ2) is 12.2. The van der Waals surface area contributed by atoms with Crippen molar-refractivity contribution < 1.29 is 23.7 Å². The highest BCUT2D eigenvalue weighted by Crippen LogP contribution is 2.37. The van der Waals surface area contributed by atoms with E-state index in [2.05, 4.69) is 24.3 Å². The molecule has 34 heavy (non-hydrogen) atoms. The molecule has 0 bridgehead atoms. The third-order valence-electron chi connectivity index (χ3n) is 6.10. The lowest BCUT2D eigenvalue weighted by Crippen LogP contribution is -2.62. The Morgan fingerprint density at radius 1 is 0.765 bits per heavy atom. The Bertz CT molecular complexity index is 966. The molecule has 180 valence electrons. The second-order valence-electron chi connectivity index (χ2n) is 8.79. The van der Waals surface area contributed by atoms with Crippen LogP contribution < -0.4 is 0 Å². The quantitative estimate of drug-likeness (QED) is 0.375. The minimum absolute atomic E-state index is 0.0716. The average Bonchev–Trinajstić information content (AvgIpc) is 2.88. The molecule has 0 amide bonds. The number of benzene rings is 3. The Morgan fingerprint density at radius 2 is 1.29 bits per heavy atom. The van der Waals surface area contributed by atoms with E-state index in [0.717, 1.165) is 16.7 Å². The summed E-state index contributed by atoms with van der Waals surface area (Å²) in [7, 11) is 1.65. The van der Waals surface area contributed by atoms with Crippen molar-refractivity contribution in [3.8, 4) is 0 Å². The molecule has 3 aromatic rings. The average molecular weight is 463 g/mol. The van der Waals surface area contributed by atoms with Crippen molar-refractivity contribution in [1.29, 1.82) is 0 Å². The Labute approximate surface area is 202 Å². The van der Waals surface area contributed by atoms with Gasteiger partial charge in [0.05, 0.1) is 32.5 Å². The first kappa shape index (κ1) is 24.6. The van der Waals surface area contributed by atoms with Crippen LogP contribution in [-0.2, 0) is 43.5 Å². The zero-order valence-electron chi connectivity index (χ0n) is 20.0. The normalized spacial score (nSPS) is 24.7. The lowest BCUT2D eigenvalue weighted by atomic mass is 9.87. The van der Waals surface area contributed by atoms with Crippen LogP contribution in [0.15, 0.2) is 91.0 Å². The van der Waals surface area contributed by atoms with Gasteiger partial charge in [-0.1, -0.05) is 91.0 Å². The molecule has 4 rings (SSSR count). The molecule has 0 saturated carbocycles. The predicted octanol–water partition coefficient (Wildman–Crippen LogP) is 5.53. The van der Waals surface area contributed by atoms with E-state index >= 15 is 0 Å². The maximum atomic E-state index is 6.69. The first-order chi connectivity index (χ1) is 16.7. The van der Waals surface area contributed by atoms with Crippen LogP contribution in [0.2, 0.25) is 0 Å². The minimum atomic E-state index is -0.738. The molecule has 5 nitrogen and oxygen atoms in total. The lowest BCUT2D eigenvalue weighted by Gasteiger charge is -2.48. The highest BCUT2D eigenvalue weighted by molar-refractivity contribution is 5.16. The number of ether oxygens (including phenoxy) is 5. The summed E-state index contributed by atoms with van der Waals surface area (Å²) >= 11 is 0. The zero-order chi connectivity index (χ0) is 23.6. The summed E-state index contributed by atoms with van der Waals surface area (Å²) in [5.41, 5.74) is 2.56. The van der Waals surface area contributed by atoms with E-state index in [4.69, 9.17) is 23.7 Å². The fourth-order valence-electron chi connectivity index (χ4n) is 4.41. The van der Waals surface area contributed by atoms with E-state index in [0.29, 0.717) is 32.8 Å². The molecule has 3 aromatic carbocycles. The molecule has 0 radical (unpaired) electrons. The summed E-state index contributed by atoms with van der Waals surface area (Å²) in [6, 6.07) is 30.4. The van der Waals surface area contributed by atoms with Crippen molar-refractivity contribution in [3.63, 3.8) is 0 Å². The minimum Gasteiger partial charge on any atom is -0.374 e.